The van der Waals surface area contributed by atoms with Crippen molar-refractivity contribution in [2.24, 2.45) is 0 Å². The third kappa shape index (κ3) is 3.08. The Hall–Kier alpha value is -5.80. The van der Waals surface area contributed by atoms with Crippen molar-refractivity contribution in [2.75, 3.05) is 0 Å². The lowest BCUT2D eigenvalue weighted by Crippen LogP contribution is -1.91. The summed E-state index contributed by atoms with van der Waals surface area (Å²) in [6, 6.07) is 45.0. The largest absolute Gasteiger partial charge is 0.460 e. The van der Waals surface area contributed by atoms with Gasteiger partial charge in [0.1, 0.15) is 16.7 Å². The number of hydrogen-bond acceptors (Lipinski definition) is 3. The number of rotatable bonds is 2. The number of fused-ring (bicyclic) bond motifs is 10. The lowest BCUT2D eigenvalue weighted by Gasteiger charge is -2.18. The highest BCUT2D eigenvalue weighted by Gasteiger charge is 2.21. The fraction of sp³-hybridized carbons (Fsp3) is 0. The summed E-state index contributed by atoms with van der Waals surface area (Å²) < 4.78 is 18.5. The first-order valence-electron chi connectivity index (χ1n) is 14.5. The Kier molecular flexibility index (Phi) is 4.45. The van der Waals surface area contributed by atoms with Gasteiger partial charge in [-0.2, -0.15) is 0 Å². The molecule has 0 bridgehead atoms. The molecular weight excluding hydrogens is 528 g/mol. The standard InChI is InChI=1S/C40H22O3/c1-3-11-28-26(9-1)36(24-17-19-34-32(22-24)25-8-5-6-14-33(25)42-34)27-10-2-4-12-29(27)37(28)30-13-7-15-35-38(30)31-18-16-23-20-21-41-39(23)40(31)43-35/h1-22H. The molecule has 0 amide bonds. The zero-order valence-electron chi connectivity index (χ0n) is 22.9. The molecule has 3 nitrogen and oxygen atoms in total. The first-order chi connectivity index (χ1) is 21.3. The van der Waals surface area contributed by atoms with Gasteiger partial charge >= 0.3 is 0 Å². The van der Waals surface area contributed by atoms with Crippen molar-refractivity contribution in [1.29, 1.82) is 0 Å². The Morgan fingerprint density at radius 3 is 1.86 bits per heavy atom. The van der Waals surface area contributed by atoms with Gasteiger partial charge in [-0.1, -0.05) is 91.0 Å². The first-order valence-corrected chi connectivity index (χ1v) is 14.5. The van der Waals surface area contributed by atoms with Crippen molar-refractivity contribution in [3.63, 3.8) is 0 Å². The first kappa shape index (κ1) is 22.8. The molecule has 3 heterocycles. The Bertz CT molecular complexity index is 2680. The average Bonchev–Trinajstić information content (AvgIpc) is 3.78. The molecule has 0 spiro atoms. The van der Waals surface area contributed by atoms with Crippen LogP contribution in [0, 0.1) is 0 Å². The molecule has 0 aliphatic rings. The van der Waals surface area contributed by atoms with Crippen LogP contribution in [0.5, 0.6) is 0 Å². The van der Waals surface area contributed by atoms with Crippen LogP contribution in [0.15, 0.2) is 147 Å². The molecule has 0 fully saturated rings. The molecule has 200 valence electrons. The molecule has 0 saturated carbocycles. The average molecular weight is 551 g/mol. The summed E-state index contributed by atoms with van der Waals surface area (Å²) in [5.74, 6) is 0. The predicted molar refractivity (Wildman–Crippen MR) is 177 cm³/mol. The van der Waals surface area contributed by atoms with Crippen LogP contribution in [0.2, 0.25) is 0 Å². The topological polar surface area (TPSA) is 39.4 Å². The van der Waals surface area contributed by atoms with E-state index in [4.69, 9.17) is 13.3 Å². The van der Waals surface area contributed by atoms with Crippen molar-refractivity contribution in [1.82, 2.24) is 0 Å². The van der Waals surface area contributed by atoms with Crippen LogP contribution < -0.4 is 0 Å². The molecule has 0 saturated heterocycles. The molecule has 10 rings (SSSR count). The van der Waals surface area contributed by atoms with E-state index in [2.05, 4.69) is 109 Å². The second-order valence-corrected chi connectivity index (χ2v) is 11.2. The zero-order chi connectivity index (χ0) is 28.1. The second-order valence-electron chi connectivity index (χ2n) is 11.2. The van der Waals surface area contributed by atoms with Crippen LogP contribution in [0.3, 0.4) is 0 Å². The van der Waals surface area contributed by atoms with Crippen molar-refractivity contribution in [3.05, 3.63) is 134 Å². The third-order valence-corrected chi connectivity index (χ3v) is 8.95. The fourth-order valence-corrected chi connectivity index (χ4v) is 7.13. The van der Waals surface area contributed by atoms with Crippen LogP contribution in [0.4, 0.5) is 0 Å². The van der Waals surface area contributed by atoms with E-state index in [-0.39, 0.29) is 0 Å². The predicted octanol–water partition coefficient (Wildman–Crippen LogP) is 11.9. The molecule has 0 N–H and O–H groups in total. The van der Waals surface area contributed by atoms with Gasteiger partial charge in [0.25, 0.3) is 0 Å². The van der Waals surface area contributed by atoms with E-state index in [0.29, 0.717) is 0 Å². The summed E-state index contributed by atoms with van der Waals surface area (Å²) in [5, 5.41) is 10.3. The minimum absolute atomic E-state index is 0.784. The van der Waals surface area contributed by atoms with E-state index in [1.54, 1.807) is 6.26 Å². The summed E-state index contributed by atoms with van der Waals surface area (Å²) in [6.07, 6.45) is 1.72. The van der Waals surface area contributed by atoms with Crippen molar-refractivity contribution in [3.8, 4) is 22.3 Å². The Morgan fingerprint density at radius 2 is 1.07 bits per heavy atom. The Labute approximate surface area is 245 Å². The maximum absolute atomic E-state index is 6.47. The maximum atomic E-state index is 6.47. The molecule has 3 aromatic heterocycles. The van der Waals surface area contributed by atoms with Gasteiger partial charge in [0.05, 0.1) is 6.26 Å². The van der Waals surface area contributed by atoms with Crippen LogP contribution in [-0.2, 0) is 0 Å². The minimum Gasteiger partial charge on any atom is -0.460 e. The molecular formula is C40H22O3. The molecule has 0 unspecified atom stereocenters. The van der Waals surface area contributed by atoms with E-state index in [1.165, 1.54) is 38.2 Å². The van der Waals surface area contributed by atoms with Gasteiger partial charge in [-0.05, 0) is 80.2 Å². The van der Waals surface area contributed by atoms with E-state index < -0.39 is 0 Å². The highest BCUT2D eigenvalue weighted by molar-refractivity contribution is 6.27. The lowest BCUT2D eigenvalue weighted by atomic mass is 9.84. The van der Waals surface area contributed by atoms with Gasteiger partial charge in [-0.25, -0.2) is 0 Å². The summed E-state index contributed by atoms with van der Waals surface area (Å²) in [7, 11) is 0. The van der Waals surface area contributed by atoms with Gasteiger partial charge < -0.3 is 13.3 Å². The van der Waals surface area contributed by atoms with Gasteiger partial charge in [0, 0.05) is 26.9 Å². The van der Waals surface area contributed by atoms with Crippen molar-refractivity contribution >= 4 is 76.4 Å². The summed E-state index contributed by atoms with van der Waals surface area (Å²) >= 11 is 0. The number of hydrogen-bond donors (Lipinski definition) is 0. The van der Waals surface area contributed by atoms with Gasteiger partial charge in [-0.15, -0.1) is 0 Å². The number of furan rings is 3. The third-order valence-electron chi connectivity index (χ3n) is 8.95. The van der Waals surface area contributed by atoms with E-state index in [9.17, 15) is 0 Å². The molecule has 0 atom stereocenters. The molecule has 43 heavy (non-hydrogen) atoms. The molecule has 3 heteroatoms. The summed E-state index contributed by atoms with van der Waals surface area (Å²) in [5.41, 5.74) is 8.99. The highest BCUT2D eigenvalue weighted by Crippen LogP contribution is 2.48. The number of benzene rings is 7. The van der Waals surface area contributed by atoms with Gasteiger partial charge in [0.2, 0.25) is 0 Å². The van der Waals surface area contributed by atoms with Gasteiger partial charge in [0.15, 0.2) is 11.2 Å². The SMILES string of the molecule is c1ccc2c(c1)oc1ccc(-c3c4ccccc4c(-c4cccc5oc6c(ccc7ccoc76)c45)c4ccccc34)cc12. The van der Waals surface area contributed by atoms with E-state index in [1.807, 2.05) is 18.2 Å². The van der Waals surface area contributed by atoms with E-state index in [0.717, 1.165) is 60.4 Å². The molecule has 0 aliphatic carbocycles. The quantitative estimate of drug-likeness (QED) is 0.201. The smallest absolute Gasteiger partial charge is 0.178 e. The maximum Gasteiger partial charge on any atom is 0.178 e. The minimum atomic E-state index is 0.784. The molecule has 7 aromatic carbocycles. The van der Waals surface area contributed by atoms with Crippen LogP contribution in [0.1, 0.15) is 0 Å². The zero-order valence-corrected chi connectivity index (χ0v) is 22.9. The fourth-order valence-electron chi connectivity index (χ4n) is 7.13. The van der Waals surface area contributed by atoms with Crippen molar-refractivity contribution < 1.29 is 13.3 Å². The van der Waals surface area contributed by atoms with Crippen molar-refractivity contribution in [2.45, 2.75) is 0 Å². The number of para-hydroxylation sites is 1. The van der Waals surface area contributed by atoms with Crippen LogP contribution in [-0.4, -0.2) is 0 Å². The lowest BCUT2D eigenvalue weighted by molar-refractivity contribution is 0.600. The monoisotopic (exact) mass is 550 g/mol. The normalized spacial score (nSPS) is 12.2. The Morgan fingerprint density at radius 1 is 0.395 bits per heavy atom. The van der Waals surface area contributed by atoms with E-state index >= 15 is 0 Å². The Balaban J connectivity index is 1.34. The highest BCUT2D eigenvalue weighted by atomic mass is 16.4. The molecule has 0 aliphatic heterocycles. The second kappa shape index (κ2) is 8.37. The van der Waals surface area contributed by atoms with Crippen LogP contribution in [0.25, 0.3) is 98.6 Å². The molecule has 10 aromatic rings. The summed E-state index contributed by atoms with van der Waals surface area (Å²) in [4.78, 5) is 0. The van der Waals surface area contributed by atoms with Crippen LogP contribution >= 0.6 is 0 Å². The summed E-state index contributed by atoms with van der Waals surface area (Å²) in [6.45, 7) is 0. The van der Waals surface area contributed by atoms with Gasteiger partial charge in [-0.3, -0.25) is 0 Å². The molecule has 0 radical (unpaired) electrons.